The largest absolute Gasteiger partial charge is 0.349 e. The molecule has 0 radical (unpaired) electrons. The molecule has 2 aromatic rings. The predicted molar refractivity (Wildman–Crippen MR) is 48.4 cm³/mol. The lowest BCUT2D eigenvalue weighted by molar-refractivity contribution is 0.968. The fraction of sp³-hybridized carbons (Fsp3) is 0.125. The monoisotopic (exact) mass is 210 g/mol. The van der Waals surface area contributed by atoms with Crippen molar-refractivity contribution in [1.29, 1.82) is 0 Å². The van der Waals surface area contributed by atoms with Gasteiger partial charge in [0.2, 0.25) is 0 Å². The fourth-order valence-corrected chi connectivity index (χ4v) is 1.45. The molecule has 0 unspecified atom stereocenters. The van der Waals surface area contributed by atoms with Crippen LogP contribution in [-0.2, 0) is 7.05 Å². The molecule has 0 bridgehead atoms. The zero-order valence-electron chi connectivity index (χ0n) is 6.08. The molecule has 0 N–H and O–H groups in total. The maximum Gasteiger partial charge on any atom is 0.106 e. The fourth-order valence-electron chi connectivity index (χ4n) is 1.13. The Morgan fingerprint density at radius 1 is 1.36 bits per heavy atom. The van der Waals surface area contributed by atoms with Gasteiger partial charge in [-0.25, -0.2) is 4.98 Å². The third-order valence-corrected chi connectivity index (χ3v) is 2.15. The molecule has 56 valence electrons. The van der Waals surface area contributed by atoms with E-state index in [1.807, 2.05) is 31.4 Å². The number of pyridine rings is 1. The van der Waals surface area contributed by atoms with Gasteiger partial charge in [-0.05, 0) is 34.1 Å². The van der Waals surface area contributed by atoms with Crippen LogP contribution in [0.4, 0.5) is 0 Å². The summed E-state index contributed by atoms with van der Waals surface area (Å²) in [5.41, 5.74) is 2.19. The van der Waals surface area contributed by atoms with E-state index >= 15 is 0 Å². The van der Waals surface area contributed by atoms with E-state index in [0.717, 1.165) is 15.6 Å². The van der Waals surface area contributed by atoms with Gasteiger partial charge in [-0.2, -0.15) is 0 Å². The van der Waals surface area contributed by atoms with Crippen molar-refractivity contribution in [3.8, 4) is 0 Å². The van der Waals surface area contributed by atoms with Gasteiger partial charge in [0.15, 0.2) is 0 Å². The lowest BCUT2D eigenvalue weighted by Crippen LogP contribution is -1.84. The molecule has 0 aliphatic heterocycles. The SMILES string of the molecule is Cn1ccc2nc(Br)ccc21. The molecule has 2 heterocycles. The van der Waals surface area contributed by atoms with Crippen LogP contribution >= 0.6 is 15.9 Å². The first-order valence-electron chi connectivity index (χ1n) is 3.35. The van der Waals surface area contributed by atoms with E-state index in [1.165, 1.54) is 0 Å². The summed E-state index contributed by atoms with van der Waals surface area (Å²) < 4.78 is 2.94. The van der Waals surface area contributed by atoms with Crippen LogP contribution in [-0.4, -0.2) is 9.55 Å². The van der Waals surface area contributed by atoms with E-state index < -0.39 is 0 Å². The molecule has 3 heteroatoms. The molecule has 0 aromatic carbocycles. The van der Waals surface area contributed by atoms with Gasteiger partial charge in [-0.3, -0.25) is 0 Å². The van der Waals surface area contributed by atoms with Crippen LogP contribution in [0.15, 0.2) is 29.0 Å². The van der Waals surface area contributed by atoms with Crippen LogP contribution < -0.4 is 0 Å². The molecular formula is C8H7BrN2. The van der Waals surface area contributed by atoms with E-state index in [9.17, 15) is 0 Å². The standard InChI is InChI=1S/C8H7BrN2/c1-11-5-4-6-7(11)2-3-8(9)10-6/h2-5H,1H3. The molecule has 2 nitrogen and oxygen atoms in total. The number of hydrogen-bond donors (Lipinski definition) is 0. The summed E-state index contributed by atoms with van der Waals surface area (Å²) in [4.78, 5) is 4.29. The van der Waals surface area contributed by atoms with E-state index in [-0.39, 0.29) is 0 Å². The lowest BCUT2D eigenvalue weighted by Gasteiger charge is -1.94. The second-order valence-corrected chi connectivity index (χ2v) is 3.28. The van der Waals surface area contributed by atoms with Gasteiger partial charge in [0.05, 0.1) is 11.0 Å². The number of aromatic nitrogens is 2. The topological polar surface area (TPSA) is 17.8 Å². The molecule has 0 amide bonds. The Balaban J connectivity index is 2.86. The minimum atomic E-state index is 0.885. The van der Waals surface area contributed by atoms with E-state index in [4.69, 9.17) is 0 Å². The Morgan fingerprint density at radius 3 is 3.00 bits per heavy atom. The van der Waals surface area contributed by atoms with Gasteiger partial charge in [0.1, 0.15) is 4.60 Å². The minimum absolute atomic E-state index is 0.885. The Hall–Kier alpha value is -0.830. The third-order valence-electron chi connectivity index (χ3n) is 1.70. The summed E-state index contributed by atoms with van der Waals surface area (Å²) in [6.45, 7) is 0. The predicted octanol–water partition coefficient (Wildman–Crippen LogP) is 2.34. The Labute approximate surface area is 73.0 Å². The quantitative estimate of drug-likeness (QED) is 0.611. The Morgan fingerprint density at radius 2 is 2.18 bits per heavy atom. The molecule has 0 saturated carbocycles. The highest BCUT2D eigenvalue weighted by atomic mass is 79.9. The first kappa shape index (κ1) is 6.85. The summed E-state index contributed by atoms with van der Waals surface area (Å²) in [5.74, 6) is 0. The minimum Gasteiger partial charge on any atom is -0.349 e. The van der Waals surface area contributed by atoms with E-state index in [2.05, 4.69) is 25.5 Å². The van der Waals surface area contributed by atoms with E-state index in [1.54, 1.807) is 0 Å². The van der Waals surface area contributed by atoms with Crippen LogP contribution in [0.3, 0.4) is 0 Å². The third kappa shape index (κ3) is 1.05. The molecule has 0 fully saturated rings. The van der Waals surface area contributed by atoms with Gasteiger partial charge in [-0.15, -0.1) is 0 Å². The maximum absolute atomic E-state index is 4.29. The molecule has 0 aliphatic rings. The maximum atomic E-state index is 4.29. The van der Waals surface area contributed by atoms with Crippen molar-refractivity contribution in [3.05, 3.63) is 29.0 Å². The van der Waals surface area contributed by atoms with Crippen molar-refractivity contribution in [2.24, 2.45) is 7.05 Å². The second-order valence-electron chi connectivity index (χ2n) is 2.46. The molecule has 2 aromatic heterocycles. The van der Waals surface area contributed by atoms with Crippen molar-refractivity contribution in [2.45, 2.75) is 0 Å². The average Bonchev–Trinajstić information content (AvgIpc) is 2.32. The van der Waals surface area contributed by atoms with Crippen molar-refractivity contribution in [1.82, 2.24) is 9.55 Å². The van der Waals surface area contributed by atoms with Gasteiger partial charge in [0.25, 0.3) is 0 Å². The molecule has 0 aliphatic carbocycles. The van der Waals surface area contributed by atoms with Crippen molar-refractivity contribution >= 4 is 27.0 Å². The van der Waals surface area contributed by atoms with Crippen molar-refractivity contribution < 1.29 is 0 Å². The van der Waals surface area contributed by atoms with Crippen LogP contribution in [0.2, 0.25) is 0 Å². The Bertz CT molecular complexity index is 392. The highest BCUT2D eigenvalue weighted by Crippen LogP contribution is 2.15. The number of aryl methyl sites for hydroxylation is 1. The first-order valence-corrected chi connectivity index (χ1v) is 4.14. The summed E-state index contributed by atoms with van der Waals surface area (Å²) in [7, 11) is 2.01. The van der Waals surface area contributed by atoms with Crippen LogP contribution in [0.5, 0.6) is 0 Å². The molecule has 0 atom stereocenters. The first-order chi connectivity index (χ1) is 5.27. The van der Waals surface area contributed by atoms with Crippen molar-refractivity contribution in [2.75, 3.05) is 0 Å². The van der Waals surface area contributed by atoms with Crippen LogP contribution in [0, 0.1) is 0 Å². The van der Waals surface area contributed by atoms with Gasteiger partial charge < -0.3 is 4.57 Å². The highest BCUT2D eigenvalue weighted by Gasteiger charge is 1.97. The zero-order chi connectivity index (χ0) is 7.84. The van der Waals surface area contributed by atoms with E-state index in [0.29, 0.717) is 0 Å². The number of fused-ring (bicyclic) bond motifs is 1. The molecule has 0 spiro atoms. The Kier molecular flexibility index (Phi) is 1.46. The second kappa shape index (κ2) is 2.34. The van der Waals surface area contributed by atoms with Crippen LogP contribution in [0.25, 0.3) is 11.0 Å². The number of rotatable bonds is 0. The summed E-state index contributed by atoms with van der Waals surface area (Å²) in [5, 5.41) is 0. The zero-order valence-corrected chi connectivity index (χ0v) is 7.67. The summed E-state index contributed by atoms with van der Waals surface area (Å²) >= 11 is 3.32. The van der Waals surface area contributed by atoms with Crippen LogP contribution in [0.1, 0.15) is 0 Å². The number of nitrogens with zero attached hydrogens (tertiary/aromatic N) is 2. The average molecular weight is 211 g/mol. The number of halogens is 1. The summed E-state index contributed by atoms with van der Waals surface area (Å²) in [6, 6.07) is 5.99. The normalized spacial score (nSPS) is 10.7. The van der Waals surface area contributed by atoms with Crippen molar-refractivity contribution in [3.63, 3.8) is 0 Å². The van der Waals surface area contributed by atoms with Gasteiger partial charge in [-0.1, -0.05) is 0 Å². The van der Waals surface area contributed by atoms with Gasteiger partial charge >= 0.3 is 0 Å². The molecule has 0 saturated heterocycles. The highest BCUT2D eigenvalue weighted by molar-refractivity contribution is 9.10. The van der Waals surface area contributed by atoms with Gasteiger partial charge in [0, 0.05) is 13.2 Å². The molecule has 11 heavy (non-hydrogen) atoms. The smallest absolute Gasteiger partial charge is 0.106 e. The summed E-state index contributed by atoms with van der Waals surface area (Å²) in [6.07, 6.45) is 2.00. The number of hydrogen-bond acceptors (Lipinski definition) is 1. The molecule has 2 rings (SSSR count). The lowest BCUT2D eigenvalue weighted by atomic mass is 10.4. The molecular weight excluding hydrogens is 204 g/mol.